The number of alkyl carbamates (subject to hydrolysis) is 1. The highest BCUT2D eigenvalue weighted by atomic mass is 32.2. The van der Waals surface area contributed by atoms with Gasteiger partial charge in [0.05, 0.1) is 11.3 Å². The number of nitrogens with zero attached hydrogens (tertiary/aromatic N) is 3. The van der Waals surface area contributed by atoms with Crippen LogP contribution in [0.25, 0.3) is 6.08 Å². The summed E-state index contributed by atoms with van der Waals surface area (Å²) in [4.78, 5) is 43.7. The van der Waals surface area contributed by atoms with Gasteiger partial charge in [0.2, 0.25) is 0 Å². The molecule has 3 rings (SSSR count). The predicted octanol–water partition coefficient (Wildman–Crippen LogP) is 0.342. The summed E-state index contributed by atoms with van der Waals surface area (Å²) in [5.74, 6) is -2.19. The van der Waals surface area contributed by atoms with Crippen LogP contribution in [0.3, 0.4) is 0 Å². The first kappa shape index (κ1) is 24.6. The summed E-state index contributed by atoms with van der Waals surface area (Å²) in [6.45, 7) is 4.22. The Balaban J connectivity index is 1.77. The fourth-order valence-electron chi connectivity index (χ4n) is 4.12. The third-order valence-corrected chi connectivity index (χ3v) is 8.59. The molecule has 3 heterocycles. The molecule has 2 N–H and O–H groups in total. The molecule has 1 aromatic heterocycles. The number of fused-ring (bicyclic) bond motifs is 1. The molecule has 180 valence electrons. The molecule has 0 aliphatic carbocycles. The quantitative estimate of drug-likeness (QED) is 0.377. The molecule has 3 atom stereocenters. The Bertz CT molecular complexity index is 1060. The Hall–Kier alpha value is -2.99. The molecule has 0 unspecified atom stereocenters. The number of hydrogen-bond acceptors (Lipinski definition) is 8. The van der Waals surface area contributed by atoms with E-state index >= 15 is 0 Å². The Kier molecular flexibility index (Phi) is 7.08. The highest BCUT2D eigenvalue weighted by Gasteiger charge is 2.72. The number of β-lactam (4-membered cyclic amide) rings is 1. The minimum atomic E-state index is -4.25. The van der Waals surface area contributed by atoms with E-state index < -0.39 is 50.6 Å². The summed E-state index contributed by atoms with van der Waals surface area (Å²) in [5.41, 5.74) is 0.312. The average molecular weight is 481 g/mol. The first-order chi connectivity index (χ1) is 15.5. The molecule has 2 saturated heterocycles. The zero-order chi connectivity index (χ0) is 24.4. The lowest BCUT2D eigenvalue weighted by molar-refractivity contribution is -0.153. The molecule has 0 saturated carbocycles. The fourth-order valence-corrected chi connectivity index (χ4v) is 6.39. The van der Waals surface area contributed by atoms with Crippen molar-refractivity contribution >= 4 is 33.9 Å². The SMILES string of the molecule is CCCN(C)CCNC(=O)OC[C@@]1(C)[C@H](C(=O)O)N2C(=O)/C(=C/c3ccccn3)[C@H]2S1(=O)=O. The Morgan fingerprint density at radius 3 is 2.70 bits per heavy atom. The monoisotopic (exact) mass is 480 g/mol. The van der Waals surface area contributed by atoms with Crippen molar-refractivity contribution in [3.05, 3.63) is 35.7 Å². The van der Waals surface area contributed by atoms with Crippen molar-refractivity contribution in [2.45, 2.75) is 36.4 Å². The summed E-state index contributed by atoms with van der Waals surface area (Å²) < 4.78 is 29.9. The maximum atomic E-state index is 13.4. The smallest absolute Gasteiger partial charge is 0.407 e. The average Bonchev–Trinajstić information content (AvgIpc) is 2.92. The Morgan fingerprint density at radius 1 is 1.36 bits per heavy atom. The molecule has 0 bridgehead atoms. The summed E-state index contributed by atoms with van der Waals surface area (Å²) in [7, 11) is -2.35. The number of carboxylic acid groups (broad SMARTS) is 1. The second-order valence-electron chi connectivity index (χ2n) is 8.32. The van der Waals surface area contributed by atoms with Crippen LogP contribution < -0.4 is 5.32 Å². The van der Waals surface area contributed by atoms with E-state index in [9.17, 15) is 27.9 Å². The molecular weight excluding hydrogens is 452 g/mol. The predicted molar refractivity (Wildman–Crippen MR) is 119 cm³/mol. The Labute approximate surface area is 192 Å². The topological polar surface area (TPSA) is 146 Å². The third kappa shape index (κ3) is 4.44. The zero-order valence-electron chi connectivity index (χ0n) is 18.7. The van der Waals surface area contributed by atoms with Crippen LogP contribution in [-0.4, -0.2) is 95.7 Å². The number of hydrogen-bond donors (Lipinski definition) is 2. The summed E-state index contributed by atoms with van der Waals surface area (Å²) in [5, 5.41) is 10.9. The van der Waals surface area contributed by atoms with Gasteiger partial charge in [-0.3, -0.25) is 9.78 Å². The van der Waals surface area contributed by atoms with Gasteiger partial charge in [-0.2, -0.15) is 0 Å². The number of likely N-dealkylation sites (N-methyl/N-ethyl adjacent to an activating group) is 1. The highest BCUT2D eigenvalue weighted by Crippen LogP contribution is 2.49. The number of aliphatic carboxylic acids is 1. The number of sulfone groups is 1. The lowest BCUT2D eigenvalue weighted by Crippen LogP contribution is -2.59. The van der Waals surface area contributed by atoms with Gasteiger partial charge in [-0.15, -0.1) is 0 Å². The van der Waals surface area contributed by atoms with Crippen LogP contribution >= 0.6 is 0 Å². The molecule has 1 aromatic rings. The first-order valence-corrected chi connectivity index (χ1v) is 12.1. The number of rotatable bonds is 9. The van der Waals surface area contributed by atoms with E-state index in [0.29, 0.717) is 12.2 Å². The van der Waals surface area contributed by atoms with Crippen molar-refractivity contribution < 1.29 is 32.6 Å². The number of carbonyl (C=O) groups excluding carboxylic acids is 2. The number of nitrogens with one attached hydrogen (secondary N) is 1. The lowest BCUT2D eigenvalue weighted by Gasteiger charge is -2.37. The molecular formula is C21H28N4O7S. The maximum absolute atomic E-state index is 13.4. The van der Waals surface area contributed by atoms with E-state index in [1.54, 1.807) is 18.2 Å². The second kappa shape index (κ2) is 9.48. The number of pyridine rings is 1. The van der Waals surface area contributed by atoms with E-state index in [1.165, 1.54) is 19.2 Å². The van der Waals surface area contributed by atoms with E-state index in [-0.39, 0.29) is 12.1 Å². The lowest BCUT2D eigenvalue weighted by atomic mass is 9.94. The van der Waals surface area contributed by atoms with Crippen molar-refractivity contribution in [1.29, 1.82) is 0 Å². The second-order valence-corrected chi connectivity index (χ2v) is 10.8. The van der Waals surface area contributed by atoms with E-state index in [4.69, 9.17) is 4.74 Å². The van der Waals surface area contributed by atoms with E-state index in [2.05, 4.69) is 10.3 Å². The van der Waals surface area contributed by atoms with Crippen LogP contribution in [0.2, 0.25) is 0 Å². The van der Waals surface area contributed by atoms with Crippen LogP contribution in [0.4, 0.5) is 4.79 Å². The molecule has 12 heteroatoms. The van der Waals surface area contributed by atoms with Gasteiger partial charge < -0.3 is 25.0 Å². The molecule has 2 amide bonds. The van der Waals surface area contributed by atoms with E-state index in [1.807, 2.05) is 18.9 Å². The zero-order valence-corrected chi connectivity index (χ0v) is 19.5. The van der Waals surface area contributed by atoms with Crippen molar-refractivity contribution in [3.8, 4) is 0 Å². The summed E-state index contributed by atoms with van der Waals surface area (Å²) >= 11 is 0. The molecule has 0 radical (unpaired) electrons. The van der Waals surface area contributed by atoms with Gasteiger partial charge in [0.1, 0.15) is 11.4 Å². The van der Waals surface area contributed by atoms with Gasteiger partial charge in [0, 0.05) is 19.3 Å². The van der Waals surface area contributed by atoms with Crippen LogP contribution in [0.15, 0.2) is 30.0 Å². The molecule has 2 aliphatic heterocycles. The third-order valence-electron chi connectivity index (χ3n) is 5.88. The van der Waals surface area contributed by atoms with Gasteiger partial charge in [0.25, 0.3) is 5.91 Å². The Morgan fingerprint density at radius 2 is 2.09 bits per heavy atom. The summed E-state index contributed by atoms with van der Waals surface area (Å²) in [6, 6.07) is 3.26. The van der Waals surface area contributed by atoms with Crippen LogP contribution in [-0.2, 0) is 24.2 Å². The minimum Gasteiger partial charge on any atom is -0.480 e. The van der Waals surface area contributed by atoms with E-state index in [0.717, 1.165) is 17.9 Å². The fraction of sp³-hybridized carbons (Fsp3) is 0.524. The van der Waals surface area contributed by atoms with Gasteiger partial charge in [0.15, 0.2) is 21.3 Å². The maximum Gasteiger partial charge on any atom is 0.407 e. The van der Waals surface area contributed by atoms with Gasteiger partial charge in [-0.05, 0) is 45.1 Å². The van der Waals surface area contributed by atoms with Crippen molar-refractivity contribution in [2.75, 3.05) is 33.3 Å². The standard InChI is InChI=1S/C21H28N4O7S/c1-4-10-24(3)11-9-23-20(29)32-13-21(2)16(19(27)28)25-17(26)15(18(25)33(21,30)31)12-14-7-5-6-8-22-14/h5-8,12,16,18H,4,9-11,13H2,1-3H3,(H,23,29)(H,27,28)/b15-12-/t16-,18+,21-/m0/s1. The molecule has 33 heavy (non-hydrogen) atoms. The van der Waals surface area contributed by atoms with Crippen LogP contribution in [0, 0.1) is 0 Å². The molecule has 2 fully saturated rings. The first-order valence-electron chi connectivity index (χ1n) is 10.5. The molecule has 0 aromatic carbocycles. The molecule has 11 nitrogen and oxygen atoms in total. The van der Waals surface area contributed by atoms with Crippen molar-refractivity contribution in [3.63, 3.8) is 0 Å². The number of carbonyl (C=O) groups is 3. The number of carboxylic acids is 1. The van der Waals surface area contributed by atoms with Gasteiger partial charge in [-0.1, -0.05) is 13.0 Å². The number of ether oxygens (including phenoxy) is 1. The van der Waals surface area contributed by atoms with Gasteiger partial charge >= 0.3 is 12.1 Å². The number of amides is 2. The largest absolute Gasteiger partial charge is 0.480 e. The number of aromatic nitrogens is 1. The van der Waals surface area contributed by atoms with Gasteiger partial charge in [-0.25, -0.2) is 18.0 Å². The van der Waals surface area contributed by atoms with Crippen molar-refractivity contribution in [2.24, 2.45) is 0 Å². The highest BCUT2D eigenvalue weighted by molar-refractivity contribution is 7.94. The van der Waals surface area contributed by atoms with Crippen LogP contribution in [0.1, 0.15) is 26.0 Å². The van der Waals surface area contributed by atoms with Crippen molar-refractivity contribution in [1.82, 2.24) is 20.1 Å². The normalized spacial score (nSPS) is 26.7. The summed E-state index contributed by atoms with van der Waals surface area (Å²) in [6.07, 6.45) is 2.94. The molecule has 0 spiro atoms. The molecule has 2 aliphatic rings. The minimum absolute atomic E-state index is 0.0629. The van der Waals surface area contributed by atoms with Crippen LogP contribution in [0.5, 0.6) is 0 Å².